The summed E-state index contributed by atoms with van der Waals surface area (Å²) >= 11 is 1.69. The summed E-state index contributed by atoms with van der Waals surface area (Å²) in [4.78, 5) is 1.45. The van der Waals surface area contributed by atoms with Gasteiger partial charge in [0, 0.05) is 23.2 Å². The Bertz CT molecular complexity index is 1100. The summed E-state index contributed by atoms with van der Waals surface area (Å²) in [6.07, 6.45) is 0. The third-order valence-electron chi connectivity index (χ3n) is 5.09. The van der Waals surface area contributed by atoms with Crippen molar-refractivity contribution in [3.05, 3.63) is 89.5 Å². The molecule has 1 atom stereocenters. The van der Waals surface area contributed by atoms with Gasteiger partial charge in [-0.25, -0.2) is 8.42 Å². The van der Waals surface area contributed by atoms with Crippen LogP contribution in [0.25, 0.3) is 0 Å². The Morgan fingerprint density at radius 1 is 1.00 bits per heavy atom. The normalized spacial score (nSPS) is 17.0. The highest BCUT2D eigenvalue weighted by Crippen LogP contribution is 2.42. The summed E-state index contributed by atoms with van der Waals surface area (Å²) in [5, 5.41) is 0.00674. The third-order valence-corrected chi connectivity index (χ3v) is 8.15. The number of sulfonamides is 1. The van der Waals surface area contributed by atoms with E-state index in [2.05, 4.69) is 18.2 Å². The van der Waals surface area contributed by atoms with Crippen LogP contribution in [0.4, 0.5) is 0 Å². The molecule has 6 heteroatoms. The summed E-state index contributed by atoms with van der Waals surface area (Å²) in [5.41, 5.74) is 3.19. The first-order valence-corrected chi connectivity index (χ1v) is 11.7. The Kier molecular flexibility index (Phi) is 5.67. The molecule has 3 aromatic carbocycles. The molecule has 1 aliphatic rings. The van der Waals surface area contributed by atoms with E-state index in [9.17, 15) is 8.42 Å². The van der Waals surface area contributed by atoms with Crippen LogP contribution in [-0.2, 0) is 16.6 Å². The lowest BCUT2D eigenvalue weighted by atomic mass is 10.0. The average molecular weight is 426 g/mol. The van der Waals surface area contributed by atoms with Crippen LogP contribution in [-0.4, -0.2) is 26.4 Å². The molecule has 150 valence electrons. The first kappa shape index (κ1) is 20.0. The first-order valence-electron chi connectivity index (χ1n) is 9.43. The fourth-order valence-corrected chi connectivity index (χ4v) is 6.29. The number of rotatable bonds is 5. The van der Waals surface area contributed by atoms with E-state index < -0.39 is 10.0 Å². The van der Waals surface area contributed by atoms with E-state index in [1.54, 1.807) is 35.3 Å². The number of thioether (sulfide) groups is 1. The van der Waals surface area contributed by atoms with Crippen LogP contribution in [0, 0.1) is 6.92 Å². The highest BCUT2D eigenvalue weighted by molar-refractivity contribution is 7.99. The van der Waals surface area contributed by atoms with E-state index in [1.165, 1.54) is 0 Å². The fraction of sp³-hybridized carbons (Fsp3) is 0.217. The number of hydrogen-bond acceptors (Lipinski definition) is 4. The van der Waals surface area contributed by atoms with Crippen LogP contribution in [0.15, 0.2) is 82.6 Å². The number of hydrogen-bond donors (Lipinski definition) is 0. The molecule has 0 amide bonds. The lowest BCUT2D eigenvalue weighted by molar-refractivity contribution is 0.382. The molecule has 0 fully saturated rings. The van der Waals surface area contributed by atoms with Crippen LogP contribution < -0.4 is 4.74 Å². The molecule has 4 rings (SSSR count). The number of aryl methyl sites for hydroxylation is 1. The molecule has 1 heterocycles. The number of nitrogens with zero attached hydrogens (tertiary/aromatic N) is 1. The van der Waals surface area contributed by atoms with Gasteiger partial charge in [-0.2, -0.15) is 4.31 Å². The van der Waals surface area contributed by atoms with E-state index in [0.717, 1.165) is 27.3 Å². The minimum Gasteiger partial charge on any atom is -0.497 e. The van der Waals surface area contributed by atoms with Crippen molar-refractivity contribution in [2.24, 2.45) is 0 Å². The Hall–Kier alpha value is -2.28. The summed E-state index contributed by atoms with van der Waals surface area (Å²) < 4.78 is 33.7. The van der Waals surface area contributed by atoms with Crippen molar-refractivity contribution < 1.29 is 13.2 Å². The van der Waals surface area contributed by atoms with Crippen molar-refractivity contribution in [2.45, 2.75) is 28.5 Å². The SMILES string of the molecule is COc1ccc2c(c1)CN(S(=O)(=O)c1ccc(C)cc1)CC2Sc1ccccc1. The van der Waals surface area contributed by atoms with Crippen LogP contribution in [0.2, 0.25) is 0 Å². The average Bonchev–Trinajstić information content (AvgIpc) is 2.74. The van der Waals surface area contributed by atoms with Gasteiger partial charge >= 0.3 is 0 Å². The standard InChI is InChI=1S/C23H23NO3S2/c1-17-8-11-21(12-9-17)29(25,26)24-15-18-14-19(27-2)10-13-22(18)23(16-24)28-20-6-4-3-5-7-20/h3-14,23H,15-16H2,1-2H3. The maximum Gasteiger partial charge on any atom is 0.243 e. The summed E-state index contributed by atoms with van der Waals surface area (Å²) in [5.74, 6) is 0.738. The summed E-state index contributed by atoms with van der Waals surface area (Å²) in [6.45, 7) is 2.72. The molecule has 0 N–H and O–H groups in total. The second-order valence-electron chi connectivity index (χ2n) is 7.09. The molecule has 0 saturated heterocycles. The smallest absolute Gasteiger partial charge is 0.243 e. The molecule has 0 radical (unpaired) electrons. The predicted octanol–water partition coefficient (Wildman–Crippen LogP) is 5.04. The Balaban J connectivity index is 1.72. The van der Waals surface area contributed by atoms with E-state index >= 15 is 0 Å². The second kappa shape index (κ2) is 8.22. The first-order chi connectivity index (χ1) is 14.0. The van der Waals surface area contributed by atoms with Gasteiger partial charge in [0.25, 0.3) is 0 Å². The van der Waals surface area contributed by atoms with Crippen molar-refractivity contribution >= 4 is 21.8 Å². The molecule has 0 saturated carbocycles. The fourth-order valence-electron chi connectivity index (χ4n) is 3.50. The van der Waals surface area contributed by atoms with Crippen molar-refractivity contribution in [3.63, 3.8) is 0 Å². The van der Waals surface area contributed by atoms with E-state index in [4.69, 9.17) is 4.74 Å². The van der Waals surface area contributed by atoms with Crippen molar-refractivity contribution in [1.82, 2.24) is 4.31 Å². The molecule has 1 aliphatic heterocycles. The van der Waals surface area contributed by atoms with Crippen LogP contribution in [0.1, 0.15) is 21.9 Å². The molecule has 3 aromatic rings. The molecule has 0 aliphatic carbocycles. The van der Waals surface area contributed by atoms with Gasteiger partial charge in [-0.1, -0.05) is 42.0 Å². The van der Waals surface area contributed by atoms with Crippen molar-refractivity contribution in [3.8, 4) is 5.75 Å². The molecule has 0 bridgehead atoms. The zero-order valence-electron chi connectivity index (χ0n) is 16.4. The lowest BCUT2D eigenvalue weighted by Gasteiger charge is -2.34. The molecule has 1 unspecified atom stereocenters. The van der Waals surface area contributed by atoms with E-state index in [0.29, 0.717) is 18.0 Å². The van der Waals surface area contributed by atoms with Crippen LogP contribution in [0.5, 0.6) is 5.75 Å². The van der Waals surface area contributed by atoms with Gasteiger partial charge < -0.3 is 4.74 Å². The van der Waals surface area contributed by atoms with Gasteiger partial charge in [-0.05, 0) is 54.4 Å². The monoisotopic (exact) mass is 425 g/mol. The van der Waals surface area contributed by atoms with Gasteiger partial charge in [-0.15, -0.1) is 11.8 Å². The van der Waals surface area contributed by atoms with Gasteiger partial charge in [0.2, 0.25) is 10.0 Å². The number of fused-ring (bicyclic) bond motifs is 1. The zero-order valence-corrected chi connectivity index (χ0v) is 18.0. The molecule has 0 aromatic heterocycles. The van der Waals surface area contributed by atoms with Crippen molar-refractivity contribution in [2.75, 3.05) is 13.7 Å². The van der Waals surface area contributed by atoms with Gasteiger partial charge in [0.15, 0.2) is 0 Å². The number of methoxy groups -OCH3 is 1. The third kappa shape index (κ3) is 4.20. The Morgan fingerprint density at radius 2 is 1.72 bits per heavy atom. The summed E-state index contributed by atoms with van der Waals surface area (Å²) in [6, 6.07) is 23.1. The highest BCUT2D eigenvalue weighted by atomic mass is 32.2. The van der Waals surface area contributed by atoms with Gasteiger partial charge in [-0.3, -0.25) is 0 Å². The van der Waals surface area contributed by atoms with Gasteiger partial charge in [0.05, 0.1) is 12.0 Å². The second-order valence-corrected chi connectivity index (χ2v) is 10.3. The van der Waals surface area contributed by atoms with Crippen molar-refractivity contribution in [1.29, 1.82) is 0 Å². The van der Waals surface area contributed by atoms with Crippen LogP contribution >= 0.6 is 11.8 Å². The number of ether oxygens (including phenoxy) is 1. The predicted molar refractivity (Wildman–Crippen MR) is 117 cm³/mol. The van der Waals surface area contributed by atoms with E-state index in [1.807, 2.05) is 49.4 Å². The quantitative estimate of drug-likeness (QED) is 0.574. The lowest BCUT2D eigenvalue weighted by Crippen LogP contribution is -2.37. The molecular weight excluding hydrogens is 402 g/mol. The maximum atomic E-state index is 13.3. The topological polar surface area (TPSA) is 46.6 Å². The summed E-state index contributed by atoms with van der Waals surface area (Å²) in [7, 11) is -1.96. The van der Waals surface area contributed by atoms with E-state index in [-0.39, 0.29) is 5.25 Å². The minimum absolute atomic E-state index is 0.00674. The maximum absolute atomic E-state index is 13.3. The Labute approximate surface area is 176 Å². The molecule has 4 nitrogen and oxygen atoms in total. The van der Waals surface area contributed by atoms with Gasteiger partial charge in [0.1, 0.15) is 5.75 Å². The molecule has 29 heavy (non-hydrogen) atoms. The largest absolute Gasteiger partial charge is 0.497 e. The zero-order chi connectivity index (χ0) is 20.4. The highest BCUT2D eigenvalue weighted by Gasteiger charge is 2.34. The molecule has 0 spiro atoms. The Morgan fingerprint density at radius 3 is 2.41 bits per heavy atom. The number of benzene rings is 3. The van der Waals surface area contributed by atoms with Crippen LogP contribution in [0.3, 0.4) is 0 Å². The minimum atomic E-state index is -3.59. The molecular formula is C23H23NO3S2.